The molecule has 0 unspecified atom stereocenters. The van der Waals surface area contributed by atoms with Crippen LogP contribution in [0.3, 0.4) is 0 Å². The van der Waals surface area contributed by atoms with Gasteiger partial charge in [0.05, 0.1) is 12.6 Å². The summed E-state index contributed by atoms with van der Waals surface area (Å²) in [5.41, 5.74) is 3.43. The molecule has 0 radical (unpaired) electrons. The van der Waals surface area contributed by atoms with Crippen molar-refractivity contribution in [2.45, 2.75) is 51.5 Å². The Morgan fingerprint density at radius 3 is 2.81 bits per heavy atom. The fourth-order valence-corrected chi connectivity index (χ4v) is 4.73. The van der Waals surface area contributed by atoms with Crippen molar-refractivity contribution in [2.75, 3.05) is 45.2 Å². The van der Waals surface area contributed by atoms with Gasteiger partial charge in [-0.1, -0.05) is 6.07 Å². The number of nitrogens with zero attached hydrogens (tertiary/aromatic N) is 6. The van der Waals surface area contributed by atoms with Gasteiger partial charge in [0.15, 0.2) is 5.82 Å². The zero-order valence-electron chi connectivity index (χ0n) is 19.0. The van der Waals surface area contributed by atoms with E-state index in [1.807, 2.05) is 42.2 Å². The predicted molar refractivity (Wildman–Crippen MR) is 122 cm³/mol. The van der Waals surface area contributed by atoms with Gasteiger partial charge >= 0.3 is 0 Å². The minimum absolute atomic E-state index is 0.0234. The molecule has 2 aromatic heterocycles. The van der Waals surface area contributed by atoms with E-state index >= 15 is 0 Å². The molecule has 166 valence electrons. The van der Waals surface area contributed by atoms with Gasteiger partial charge < -0.3 is 14.7 Å². The summed E-state index contributed by atoms with van der Waals surface area (Å²) < 4.78 is 0. The average Bonchev–Trinajstić information content (AvgIpc) is 2.78. The van der Waals surface area contributed by atoms with Crippen LogP contribution in [0.5, 0.6) is 0 Å². The first-order valence-electron chi connectivity index (χ1n) is 11.5. The van der Waals surface area contributed by atoms with Crippen molar-refractivity contribution >= 4 is 11.7 Å². The van der Waals surface area contributed by atoms with E-state index in [-0.39, 0.29) is 11.9 Å². The number of hydrogen-bond acceptors (Lipinski definition) is 6. The molecule has 4 rings (SSSR count). The maximum atomic E-state index is 12.9. The van der Waals surface area contributed by atoms with Crippen LogP contribution in [0, 0.1) is 6.92 Å². The fraction of sp³-hybridized carbons (Fsp3) is 0.583. The van der Waals surface area contributed by atoms with Gasteiger partial charge in [-0.3, -0.25) is 9.78 Å². The molecular weight excluding hydrogens is 388 g/mol. The Morgan fingerprint density at radius 1 is 1.16 bits per heavy atom. The minimum atomic E-state index is -0.0234. The molecule has 1 atom stereocenters. The summed E-state index contributed by atoms with van der Waals surface area (Å²) in [5.74, 6) is 2.05. The highest BCUT2D eigenvalue weighted by molar-refractivity contribution is 5.78. The molecule has 7 heteroatoms. The molecule has 7 nitrogen and oxygen atoms in total. The van der Waals surface area contributed by atoms with E-state index in [0.717, 1.165) is 81.2 Å². The van der Waals surface area contributed by atoms with Gasteiger partial charge in [-0.25, -0.2) is 9.97 Å². The van der Waals surface area contributed by atoms with Crippen LogP contribution in [0.15, 0.2) is 24.4 Å². The molecule has 4 heterocycles. The van der Waals surface area contributed by atoms with Crippen LogP contribution < -0.4 is 4.90 Å². The number of rotatable bonds is 6. The highest BCUT2D eigenvalue weighted by Gasteiger charge is 2.32. The van der Waals surface area contributed by atoms with Gasteiger partial charge in [0, 0.05) is 49.2 Å². The molecule has 0 aliphatic carbocycles. The number of pyridine rings is 1. The van der Waals surface area contributed by atoms with Crippen molar-refractivity contribution in [1.29, 1.82) is 0 Å². The van der Waals surface area contributed by atoms with E-state index in [0.29, 0.717) is 6.54 Å². The fourth-order valence-electron chi connectivity index (χ4n) is 4.73. The molecule has 1 fully saturated rings. The minimum Gasteiger partial charge on any atom is -0.356 e. The quantitative estimate of drug-likeness (QED) is 0.713. The predicted octanol–water partition coefficient (Wildman–Crippen LogP) is 2.79. The first-order chi connectivity index (χ1) is 15.0. The molecule has 2 aromatic rings. The van der Waals surface area contributed by atoms with Crippen LogP contribution in [0.1, 0.15) is 54.5 Å². The lowest BCUT2D eigenvalue weighted by Crippen LogP contribution is -2.43. The van der Waals surface area contributed by atoms with Gasteiger partial charge in [0.25, 0.3) is 0 Å². The normalized spacial score (nSPS) is 18.9. The Bertz CT molecular complexity index is 900. The number of aromatic nitrogens is 3. The zero-order chi connectivity index (χ0) is 21.8. The van der Waals surface area contributed by atoms with Gasteiger partial charge in [0.2, 0.25) is 5.91 Å². The summed E-state index contributed by atoms with van der Waals surface area (Å²) in [6, 6.07) is 6.05. The number of hydrogen-bond donors (Lipinski definition) is 0. The van der Waals surface area contributed by atoms with Crippen LogP contribution in [-0.4, -0.2) is 70.9 Å². The Labute approximate surface area is 185 Å². The van der Waals surface area contributed by atoms with Crippen molar-refractivity contribution in [3.05, 3.63) is 47.2 Å². The third-order valence-electron chi connectivity index (χ3n) is 6.30. The second-order valence-corrected chi connectivity index (χ2v) is 8.97. The number of carbonyl (C=O) groups excluding carboxylic acids is 1. The van der Waals surface area contributed by atoms with Crippen molar-refractivity contribution in [2.24, 2.45) is 0 Å². The SMILES string of the molecule is Cc1nc([C@H]2CCCCN2C(=O)CN(C)C)nc2c1CCCN2CCc1ccccn1. The number of anilines is 1. The zero-order valence-corrected chi connectivity index (χ0v) is 19.0. The molecule has 0 N–H and O–H groups in total. The Kier molecular flexibility index (Phi) is 6.80. The summed E-state index contributed by atoms with van der Waals surface area (Å²) >= 11 is 0. The molecule has 1 saturated heterocycles. The van der Waals surface area contributed by atoms with Crippen LogP contribution in [0.4, 0.5) is 5.82 Å². The van der Waals surface area contributed by atoms with Crippen LogP contribution >= 0.6 is 0 Å². The lowest BCUT2D eigenvalue weighted by Gasteiger charge is -2.37. The first kappa shape index (κ1) is 21.7. The second kappa shape index (κ2) is 9.73. The van der Waals surface area contributed by atoms with Crippen LogP contribution in [0.2, 0.25) is 0 Å². The van der Waals surface area contributed by atoms with E-state index in [1.165, 1.54) is 5.56 Å². The third-order valence-corrected chi connectivity index (χ3v) is 6.30. The number of fused-ring (bicyclic) bond motifs is 1. The molecule has 2 aliphatic rings. The molecule has 0 saturated carbocycles. The standard InChI is InChI=1S/C24H34N6O/c1-18-20-10-8-14-29(16-12-19-9-4-6-13-25-19)24(20)27-23(26-18)21-11-5-7-15-30(21)22(31)17-28(2)3/h4,6,9,13,21H,5,7-8,10-12,14-17H2,1-3H3/t21-/m1/s1. The molecule has 2 aliphatic heterocycles. The van der Waals surface area contributed by atoms with E-state index in [1.54, 1.807) is 0 Å². The third kappa shape index (κ3) is 5.03. The topological polar surface area (TPSA) is 65.5 Å². The Balaban J connectivity index is 1.59. The highest BCUT2D eigenvalue weighted by Crippen LogP contribution is 2.33. The number of piperidine rings is 1. The molecular formula is C24H34N6O. The number of amides is 1. The second-order valence-electron chi connectivity index (χ2n) is 8.97. The largest absolute Gasteiger partial charge is 0.356 e. The smallest absolute Gasteiger partial charge is 0.237 e. The van der Waals surface area contributed by atoms with Gasteiger partial charge in [0.1, 0.15) is 5.82 Å². The molecule has 0 bridgehead atoms. The summed E-state index contributed by atoms with van der Waals surface area (Å²) in [6.45, 7) is 5.22. The number of likely N-dealkylation sites (tertiary alicyclic amines) is 1. The van der Waals surface area contributed by atoms with E-state index < -0.39 is 0 Å². The number of aryl methyl sites for hydroxylation is 1. The Hall–Kier alpha value is -2.54. The van der Waals surface area contributed by atoms with Gasteiger partial charge in [-0.05, 0) is 65.3 Å². The summed E-state index contributed by atoms with van der Waals surface area (Å²) in [6.07, 6.45) is 7.99. The Morgan fingerprint density at radius 2 is 2.03 bits per heavy atom. The summed E-state index contributed by atoms with van der Waals surface area (Å²) in [4.78, 5) is 33.7. The van der Waals surface area contributed by atoms with Crippen molar-refractivity contribution < 1.29 is 4.79 Å². The molecule has 0 aromatic carbocycles. The van der Waals surface area contributed by atoms with Crippen LogP contribution in [0.25, 0.3) is 0 Å². The van der Waals surface area contributed by atoms with E-state index in [4.69, 9.17) is 9.97 Å². The monoisotopic (exact) mass is 422 g/mol. The molecule has 31 heavy (non-hydrogen) atoms. The first-order valence-corrected chi connectivity index (χ1v) is 11.5. The summed E-state index contributed by atoms with van der Waals surface area (Å²) in [7, 11) is 3.88. The average molecular weight is 423 g/mol. The maximum absolute atomic E-state index is 12.9. The van der Waals surface area contributed by atoms with Gasteiger partial charge in [-0.2, -0.15) is 0 Å². The van der Waals surface area contributed by atoms with E-state index in [9.17, 15) is 4.79 Å². The highest BCUT2D eigenvalue weighted by atomic mass is 16.2. The molecule has 1 amide bonds. The lowest BCUT2D eigenvalue weighted by molar-refractivity contribution is -0.135. The van der Waals surface area contributed by atoms with Crippen molar-refractivity contribution in [3.63, 3.8) is 0 Å². The molecule has 0 spiro atoms. The van der Waals surface area contributed by atoms with E-state index in [2.05, 4.69) is 22.9 Å². The number of likely N-dealkylation sites (N-methyl/N-ethyl adjacent to an activating group) is 1. The number of carbonyl (C=O) groups is 1. The lowest BCUT2D eigenvalue weighted by atomic mass is 9.99. The van der Waals surface area contributed by atoms with Crippen molar-refractivity contribution in [1.82, 2.24) is 24.8 Å². The van der Waals surface area contributed by atoms with Gasteiger partial charge in [-0.15, -0.1) is 0 Å². The maximum Gasteiger partial charge on any atom is 0.237 e. The summed E-state index contributed by atoms with van der Waals surface area (Å²) in [5, 5.41) is 0. The van der Waals surface area contributed by atoms with Crippen LogP contribution in [-0.2, 0) is 17.6 Å². The van der Waals surface area contributed by atoms with Crippen molar-refractivity contribution in [3.8, 4) is 0 Å².